The lowest BCUT2D eigenvalue weighted by molar-refractivity contribution is -0.149. The molecule has 16 heavy (non-hydrogen) atoms. The molecule has 88 valence electrons. The van der Waals surface area contributed by atoms with Crippen molar-refractivity contribution in [2.45, 2.75) is 26.4 Å². The van der Waals surface area contributed by atoms with Crippen LogP contribution in [0.3, 0.4) is 0 Å². The van der Waals surface area contributed by atoms with E-state index in [2.05, 4.69) is 0 Å². The van der Waals surface area contributed by atoms with Crippen LogP contribution in [0.25, 0.3) is 0 Å². The van der Waals surface area contributed by atoms with Crippen molar-refractivity contribution in [2.24, 2.45) is 0 Å². The molecule has 0 aliphatic rings. The molecule has 0 fully saturated rings. The van der Waals surface area contributed by atoms with Crippen LogP contribution in [0.15, 0.2) is 18.2 Å². The highest BCUT2D eigenvalue weighted by atomic mass is 35.5. The molecule has 0 bridgehead atoms. The zero-order chi connectivity index (χ0) is 12.1. The Morgan fingerprint density at radius 3 is 2.75 bits per heavy atom. The van der Waals surface area contributed by atoms with Gasteiger partial charge in [0.15, 0.2) is 6.10 Å². The predicted molar refractivity (Wildman–Crippen MR) is 62.9 cm³/mol. The molecule has 0 heterocycles. The third-order valence-corrected chi connectivity index (χ3v) is 2.71. The largest absolute Gasteiger partial charge is 0.479 e. The molecule has 0 aliphatic carbocycles. The van der Waals surface area contributed by atoms with Crippen molar-refractivity contribution < 1.29 is 14.6 Å². The van der Waals surface area contributed by atoms with Crippen LogP contribution in [0.5, 0.6) is 0 Å². The van der Waals surface area contributed by atoms with Crippen LogP contribution in [0, 0.1) is 6.92 Å². The van der Waals surface area contributed by atoms with Crippen LogP contribution in [0.4, 0.5) is 0 Å². The number of aliphatic carboxylic acids is 1. The minimum Gasteiger partial charge on any atom is -0.479 e. The van der Waals surface area contributed by atoms with Crippen molar-refractivity contribution in [3.05, 3.63) is 34.3 Å². The summed E-state index contributed by atoms with van der Waals surface area (Å²) in [5.41, 5.74) is 1.85. The lowest BCUT2D eigenvalue weighted by Gasteiger charge is -2.12. The number of carboxylic acids is 1. The molecule has 0 radical (unpaired) electrons. The summed E-state index contributed by atoms with van der Waals surface area (Å²) in [7, 11) is 0. The standard InChI is InChI=1S/C12H15ClO3/c1-3-16-11(12(14)15)7-9-5-4-8(2)10(13)6-9/h4-6,11H,3,7H2,1-2H3,(H,14,15)/t11-/m1/s1. The molecule has 4 heteroatoms. The number of rotatable bonds is 5. The lowest BCUT2D eigenvalue weighted by atomic mass is 10.1. The Morgan fingerprint density at radius 2 is 2.25 bits per heavy atom. The molecule has 0 saturated carbocycles. The summed E-state index contributed by atoms with van der Waals surface area (Å²) in [6.07, 6.45) is -0.466. The molecule has 1 N–H and O–H groups in total. The third kappa shape index (κ3) is 3.51. The van der Waals surface area contributed by atoms with Gasteiger partial charge in [0.1, 0.15) is 0 Å². The predicted octanol–water partition coefficient (Wildman–Crippen LogP) is 2.68. The Labute approximate surface area is 100.0 Å². The second-order valence-electron chi connectivity index (χ2n) is 3.57. The van der Waals surface area contributed by atoms with Crippen molar-refractivity contribution in [1.82, 2.24) is 0 Å². The quantitative estimate of drug-likeness (QED) is 0.864. The number of halogens is 1. The average Bonchev–Trinajstić information content (AvgIpc) is 2.22. The van der Waals surface area contributed by atoms with Gasteiger partial charge in [-0.2, -0.15) is 0 Å². The maximum absolute atomic E-state index is 10.9. The number of carboxylic acid groups (broad SMARTS) is 1. The summed E-state index contributed by atoms with van der Waals surface area (Å²) in [4.78, 5) is 10.9. The van der Waals surface area contributed by atoms with E-state index in [0.29, 0.717) is 18.1 Å². The molecule has 0 aliphatic heterocycles. The van der Waals surface area contributed by atoms with Gasteiger partial charge >= 0.3 is 5.97 Å². The second-order valence-corrected chi connectivity index (χ2v) is 3.98. The number of benzene rings is 1. The highest BCUT2D eigenvalue weighted by Gasteiger charge is 2.18. The monoisotopic (exact) mass is 242 g/mol. The summed E-state index contributed by atoms with van der Waals surface area (Å²) in [5, 5.41) is 9.58. The Bertz CT molecular complexity index is 377. The van der Waals surface area contributed by atoms with Crippen LogP contribution in [0.1, 0.15) is 18.1 Å². The number of aryl methyl sites for hydroxylation is 1. The first-order chi connectivity index (χ1) is 7.54. The van der Waals surface area contributed by atoms with E-state index < -0.39 is 12.1 Å². The summed E-state index contributed by atoms with van der Waals surface area (Å²) in [5.74, 6) is -0.946. The van der Waals surface area contributed by atoms with Crippen LogP contribution >= 0.6 is 11.6 Å². The molecule has 0 unspecified atom stereocenters. The van der Waals surface area contributed by atoms with Crippen LogP contribution < -0.4 is 0 Å². The number of carbonyl (C=O) groups is 1. The van der Waals surface area contributed by atoms with Gasteiger partial charge < -0.3 is 9.84 Å². The first-order valence-electron chi connectivity index (χ1n) is 5.14. The third-order valence-electron chi connectivity index (χ3n) is 2.30. The molecule has 0 aromatic heterocycles. The Balaban J connectivity index is 2.77. The van der Waals surface area contributed by atoms with E-state index >= 15 is 0 Å². The summed E-state index contributed by atoms with van der Waals surface area (Å²) < 4.78 is 5.13. The van der Waals surface area contributed by atoms with Gasteiger partial charge in [0.2, 0.25) is 0 Å². The Morgan fingerprint density at radius 1 is 1.56 bits per heavy atom. The zero-order valence-corrected chi connectivity index (χ0v) is 10.1. The minimum atomic E-state index is -0.946. The van der Waals surface area contributed by atoms with Crippen molar-refractivity contribution in [3.63, 3.8) is 0 Å². The number of hydrogen-bond donors (Lipinski definition) is 1. The first-order valence-corrected chi connectivity index (χ1v) is 5.51. The summed E-state index contributed by atoms with van der Waals surface area (Å²) in [6.45, 7) is 4.07. The van der Waals surface area contributed by atoms with Crippen LogP contribution in [-0.4, -0.2) is 23.8 Å². The fraction of sp³-hybridized carbons (Fsp3) is 0.417. The smallest absolute Gasteiger partial charge is 0.333 e. The maximum Gasteiger partial charge on any atom is 0.333 e. The zero-order valence-electron chi connectivity index (χ0n) is 9.37. The average molecular weight is 243 g/mol. The van der Waals surface area contributed by atoms with Gasteiger partial charge in [-0.1, -0.05) is 23.7 Å². The molecular formula is C12H15ClO3. The fourth-order valence-corrected chi connectivity index (χ4v) is 1.60. The molecule has 0 saturated heterocycles. The highest BCUT2D eigenvalue weighted by Crippen LogP contribution is 2.18. The molecular weight excluding hydrogens is 228 g/mol. The van der Waals surface area contributed by atoms with Crippen molar-refractivity contribution in [2.75, 3.05) is 6.61 Å². The number of hydrogen-bond acceptors (Lipinski definition) is 2. The van der Waals surface area contributed by atoms with Crippen molar-refractivity contribution in [3.8, 4) is 0 Å². The van der Waals surface area contributed by atoms with Gasteiger partial charge in [-0.15, -0.1) is 0 Å². The van der Waals surface area contributed by atoms with Gasteiger partial charge in [-0.3, -0.25) is 0 Å². The van der Waals surface area contributed by atoms with Crippen LogP contribution in [0.2, 0.25) is 5.02 Å². The summed E-state index contributed by atoms with van der Waals surface area (Å²) in [6, 6.07) is 5.53. The van der Waals surface area contributed by atoms with Crippen molar-refractivity contribution >= 4 is 17.6 Å². The molecule has 1 aromatic rings. The normalized spacial score (nSPS) is 12.4. The molecule has 3 nitrogen and oxygen atoms in total. The van der Waals surface area contributed by atoms with Gasteiger partial charge in [-0.05, 0) is 31.0 Å². The van der Waals surface area contributed by atoms with E-state index in [0.717, 1.165) is 11.1 Å². The van der Waals surface area contributed by atoms with Gasteiger partial charge in [0.05, 0.1) is 0 Å². The van der Waals surface area contributed by atoms with E-state index in [1.54, 1.807) is 13.0 Å². The van der Waals surface area contributed by atoms with E-state index in [9.17, 15) is 4.79 Å². The van der Waals surface area contributed by atoms with E-state index in [-0.39, 0.29) is 0 Å². The molecule has 0 amide bonds. The second kappa shape index (κ2) is 5.87. The topological polar surface area (TPSA) is 46.5 Å². The van der Waals surface area contributed by atoms with Crippen molar-refractivity contribution in [1.29, 1.82) is 0 Å². The van der Waals surface area contributed by atoms with Crippen LogP contribution in [-0.2, 0) is 16.0 Å². The maximum atomic E-state index is 10.9. The van der Waals surface area contributed by atoms with Gasteiger partial charge in [-0.25, -0.2) is 4.79 Å². The Kier molecular flexibility index (Phi) is 4.77. The first kappa shape index (κ1) is 13.0. The molecule has 1 atom stereocenters. The van der Waals surface area contributed by atoms with E-state index in [1.165, 1.54) is 0 Å². The molecule has 1 rings (SSSR count). The fourth-order valence-electron chi connectivity index (χ4n) is 1.40. The lowest BCUT2D eigenvalue weighted by Crippen LogP contribution is -2.26. The summed E-state index contributed by atoms with van der Waals surface area (Å²) >= 11 is 5.97. The highest BCUT2D eigenvalue weighted by molar-refractivity contribution is 6.31. The SMILES string of the molecule is CCO[C@H](Cc1ccc(C)c(Cl)c1)C(=O)O. The van der Waals surface area contributed by atoms with Gasteiger partial charge in [0, 0.05) is 18.1 Å². The minimum absolute atomic E-state index is 0.336. The Hall–Kier alpha value is -1.06. The number of ether oxygens (including phenoxy) is 1. The molecule has 1 aromatic carbocycles. The molecule has 0 spiro atoms. The van der Waals surface area contributed by atoms with Gasteiger partial charge in [0.25, 0.3) is 0 Å². The van der Waals surface area contributed by atoms with E-state index in [4.69, 9.17) is 21.4 Å². The van der Waals surface area contributed by atoms with E-state index in [1.807, 2.05) is 19.1 Å².